The van der Waals surface area contributed by atoms with Crippen LogP contribution in [0.2, 0.25) is 0 Å². The van der Waals surface area contributed by atoms with E-state index in [9.17, 15) is 0 Å². The molecule has 0 aliphatic rings. The predicted octanol–water partition coefficient (Wildman–Crippen LogP) is 4.14. The van der Waals surface area contributed by atoms with E-state index in [0.29, 0.717) is 6.61 Å². The second kappa shape index (κ2) is 8.20. The Morgan fingerprint density at radius 2 is 1.81 bits per heavy atom. The van der Waals surface area contributed by atoms with E-state index < -0.39 is 0 Å². The number of rotatable bonds is 8. The van der Waals surface area contributed by atoms with Gasteiger partial charge in [-0.15, -0.1) is 0 Å². The average molecular weight is 285 g/mol. The quantitative estimate of drug-likeness (QED) is 0.739. The van der Waals surface area contributed by atoms with E-state index >= 15 is 0 Å². The van der Waals surface area contributed by atoms with Crippen molar-refractivity contribution < 1.29 is 9.47 Å². The molecule has 3 heteroatoms. The predicted molar refractivity (Wildman–Crippen MR) is 87.4 cm³/mol. The minimum Gasteiger partial charge on any atom is -0.493 e. The van der Waals surface area contributed by atoms with Crippen LogP contribution in [0.15, 0.2) is 48.5 Å². The Labute approximate surface area is 126 Å². The molecule has 3 nitrogen and oxygen atoms in total. The molecule has 112 valence electrons. The summed E-state index contributed by atoms with van der Waals surface area (Å²) in [5.41, 5.74) is 2.44. The molecule has 0 aliphatic carbocycles. The zero-order valence-electron chi connectivity index (χ0n) is 12.8. The van der Waals surface area contributed by atoms with E-state index in [2.05, 4.69) is 29.6 Å². The topological polar surface area (TPSA) is 30.5 Å². The zero-order valence-corrected chi connectivity index (χ0v) is 12.8. The van der Waals surface area contributed by atoms with Gasteiger partial charge in [0.15, 0.2) is 11.5 Å². The van der Waals surface area contributed by atoms with Gasteiger partial charge in [-0.1, -0.05) is 30.3 Å². The highest BCUT2D eigenvalue weighted by molar-refractivity contribution is 5.54. The lowest BCUT2D eigenvalue weighted by molar-refractivity contribution is 0.311. The second-order valence-corrected chi connectivity index (χ2v) is 4.81. The first-order valence-electron chi connectivity index (χ1n) is 7.42. The lowest BCUT2D eigenvalue weighted by Gasteiger charge is -2.12. The number of hydrogen-bond donors (Lipinski definition) is 1. The van der Waals surface area contributed by atoms with Gasteiger partial charge in [-0.25, -0.2) is 0 Å². The second-order valence-electron chi connectivity index (χ2n) is 4.81. The lowest BCUT2D eigenvalue weighted by Crippen LogP contribution is -2.04. The van der Waals surface area contributed by atoms with E-state index in [1.54, 1.807) is 7.11 Å². The van der Waals surface area contributed by atoms with Crippen LogP contribution < -0.4 is 14.8 Å². The Morgan fingerprint density at radius 3 is 2.52 bits per heavy atom. The number of anilines is 1. The Morgan fingerprint density at radius 1 is 1.00 bits per heavy atom. The SMILES string of the molecule is CCOc1cc(NCCCc2ccccc2)ccc1OC. The summed E-state index contributed by atoms with van der Waals surface area (Å²) >= 11 is 0. The third-order valence-electron chi connectivity index (χ3n) is 3.28. The highest BCUT2D eigenvalue weighted by Crippen LogP contribution is 2.30. The molecule has 1 N–H and O–H groups in total. The van der Waals surface area contributed by atoms with Crippen molar-refractivity contribution in [3.8, 4) is 11.5 Å². The van der Waals surface area contributed by atoms with Gasteiger partial charge in [0.25, 0.3) is 0 Å². The molecular weight excluding hydrogens is 262 g/mol. The summed E-state index contributed by atoms with van der Waals surface area (Å²) in [6.45, 7) is 3.54. The molecule has 0 fully saturated rings. The lowest BCUT2D eigenvalue weighted by atomic mass is 10.1. The van der Waals surface area contributed by atoms with Crippen molar-refractivity contribution in [3.63, 3.8) is 0 Å². The first kappa shape index (κ1) is 15.2. The molecule has 0 aromatic heterocycles. The van der Waals surface area contributed by atoms with Gasteiger partial charge in [0.1, 0.15) is 0 Å². The summed E-state index contributed by atoms with van der Waals surface area (Å²) in [6.07, 6.45) is 2.18. The average Bonchev–Trinajstić information content (AvgIpc) is 2.53. The van der Waals surface area contributed by atoms with Gasteiger partial charge in [0, 0.05) is 18.3 Å². The first-order chi connectivity index (χ1) is 10.3. The maximum Gasteiger partial charge on any atom is 0.163 e. The summed E-state index contributed by atoms with van der Waals surface area (Å²) < 4.78 is 10.9. The van der Waals surface area contributed by atoms with Gasteiger partial charge in [-0.3, -0.25) is 0 Å². The molecule has 0 aliphatic heterocycles. The van der Waals surface area contributed by atoms with Crippen LogP contribution in [0, 0.1) is 0 Å². The van der Waals surface area contributed by atoms with Crippen LogP contribution in [-0.2, 0) is 6.42 Å². The van der Waals surface area contributed by atoms with Crippen molar-refractivity contribution >= 4 is 5.69 Å². The fourth-order valence-corrected chi connectivity index (χ4v) is 2.22. The van der Waals surface area contributed by atoms with Gasteiger partial charge >= 0.3 is 0 Å². The molecule has 2 rings (SSSR count). The van der Waals surface area contributed by atoms with Crippen molar-refractivity contribution in [2.45, 2.75) is 19.8 Å². The number of aryl methyl sites for hydroxylation is 1. The van der Waals surface area contributed by atoms with E-state index in [0.717, 1.165) is 36.6 Å². The molecule has 0 heterocycles. The Hall–Kier alpha value is -2.16. The maximum absolute atomic E-state index is 5.58. The molecule has 2 aromatic carbocycles. The molecular formula is C18H23NO2. The summed E-state index contributed by atoms with van der Waals surface area (Å²) in [7, 11) is 1.66. The molecule has 0 unspecified atom stereocenters. The summed E-state index contributed by atoms with van der Waals surface area (Å²) in [5.74, 6) is 1.56. The van der Waals surface area contributed by atoms with E-state index in [4.69, 9.17) is 9.47 Å². The van der Waals surface area contributed by atoms with E-state index in [1.165, 1.54) is 5.56 Å². The van der Waals surface area contributed by atoms with Crippen molar-refractivity contribution in [2.75, 3.05) is 25.6 Å². The molecule has 2 aromatic rings. The molecule has 0 spiro atoms. The van der Waals surface area contributed by atoms with Gasteiger partial charge in [0.2, 0.25) is 0 Å². The minimum atomic E-state index is 0.633. The largest absolute Gasteiger partial charge is 0.493 e. The van der Waals surface area contributed by atoms with Crippen molar-refractivity contribution in [2.24, 2.45) is 0 Å². The normalized spacial score (nSPS) is 10.2. The number of benzene rings is 2. The summed E-state index contributed by atoms with van der Waals surface area (Å²) in [6, 6.07) is 16.5. The monoisotopic (exact) mass is 285 g/mol. The standard InChI is InChI=1S/C18H23NO2/c1-3-21-18-14-16(11-12-17(18)20-2)19-13-7-10-15-8-5-4-6-9-15/h4-6,8-9,11-12,14,19H,3,7,10,13H2,1-2H3. The molecule has 0 amide bonds. The molecule has 0 saturated heterocycles. The Kier molecular flexibility index (Phi) is 5.95. The van der Waals surface area contributed by atoms with Crippen molar-refractivity contribution in [3.05, 3.63) is 54.1 Å². The van der Waals surface area contributed by atoms with Crippen molar-refractivity contribution in [1.82, 2.24) is 0 Å². The fraction of sp³-hybridized carbons (Fsp3) is 0.333. The minimum absolute atomic E-state index is 0.633. The maximum atomic E-state index is 5.58. The first-order valence-corrected chi connectivity index (χ1v) is 7.42. The van der Waals surface area contributed by atoms with Gasteiger partial charge in [0.05, 0.1) is 13.7 Å². The smallest absolute Gasteiger partial charge is 0.163 e. The number of hydrogen-bond acceptors (Lipinski definition) is 3. The van der Waals surface area contributed by atoms with Crippen LogP contribution in [0.3, 0.4) is 0 Å². The number of methoxy groups -OCH3 is 1. The Bertz CT molecular complexity index is 540. The van der Waals surface area contributed by atoms with E-state index in [1.807, 2.05) is 31.2 Å². The van der Waals surface area contributed by atoms with Gasteiger partial charge < -0.3 is 14.8 Å². The van der Waals surface area contributed by atoms with Crippen LogP contribution in [0.5, 0.6) is 11.5 Å². The van der Waals surface area contributed by atoms with Crippen LogP contribution in [0.1, 0.15) is 18.9 Å². The molecule has 0 radical (unpaired) electrons. The van der Waals surface area contributed by atoms with Crippen LogP contribution in [0.25, 0.3) is 0 Å². The number of ether oxygens (including phenoxy) is 2. The molecule has 0 saturated carbocycles. The molecule has 0 bridgehead atoms. The summed E-state index contributed by atoms with van der Waals surface area (Å²) in [5, 5.41) is 3.43. The highest BCUT2D eigenvalue weighted by Gasteiger charge is 2.04. The van der Waals surface area contributed by atoms with E-state index in [-0.39, 0.29) is 0 Å². The van der Waals surface area contributed by atoms with Gasteiger partial charge in [-0.2, -0.15) is 0 Å². The van der Waals surface area contributed by atoms with Crippen LogP contribution in [-0.4, -0.2) is 20.3 Å². The number of nitrogens with one attached hydrogen (secondary N) is 1. The van der Waals surface area contributed by atoms with Crippen LogP contribution >= 0.6 is 0 Å². The molecule has 21 heavy (non-hydrogen) atoms. The third kappa shape index (κ3) is 4.71. The summed E-state index contributed by atoms with van der Waals surface area (Å²) in [4.78, 5) is 0. The Balaban J connectivity index is 1.84. The highest BCUT2D eigenvalue weighted by atomic mass is 16.5. The van der Waals surface area contributed by atoms with Crippen molar-refractivity contribution in [1.29, 1.82) is 0 Å². The fourth-order valence-electron chi connectivity index (χ4n) is 2.22. The third-order valence-corrected chi connectivity index (χ3v) is 3.28. The zero-order chi connectivity index (χ0) is 14.9. The van der Waals surface area contributed by atoms with Crippen LogP contribution in [0.4, 0.5) is 5.69 Å². The van der Waals surface area contributed by atoms with Gasteiger partial charge in [-0.05, 0) is 37.5 Å². The molecule has 0 atom stereocenters.